The van der Waals surface area contributed by atoms with E-state index < -0.39 is 0 Å². The van der Waals surface area contributed by atoms with Gasteiger partial charge >= 0.3 is 0 Å². The van der Waals surface area contributed by atoms with Gasteiger partial charge in [-0.15, -0.1) is 0 Å². The van der Waals surface area contributed by atoms with Crippen LogP contribution in [0.4, 0.5) is 5.69 Å². The molecule has 98 valence electrons. The molecule has 0 fully saturated rings. The summed E-state index contributed by atoms with van der Waals surface area (Å²) in [6.45, 7) is 0. The fourth-order valence-electron chi connectivity index (χ4n) is 1.61. The van der Waals surface area contributed by atoms with E-state index in [1.54, 1.807) is 42.5 Å². The summed E-state index contributed by atoms with van der Waals surface area (Å²) >= 11 is 3.15. The molecule has 0 radical (unpaired) electrons. The van der Waals surface area contributed by atoms with Crippen molar-refractivity contribution in [3.05, 3.63) is 54.1 Å². The fraction of sp³-hybridized carbons (Fsp3) is 0.0714. The van der Waals surface area contributed by atoms with Gasteiger partial charge in [-0.05, 0) is 40.2 Å². The van der Waals surface area contributed by atoms with E-state index in [0.29, 0.717) is 22.5 Å². The molecule has 0 atom stereocenters. The highest BCUT2D eigenvalue weighted by atomic mass is 79.9. The lowest BCUT2D eigenvalue weighted by atomic mass is 10.2. The quantitative estimate of drug-likeness (QED) is 0.670. The lowest BCUT2D eigenvalue weighted by Crippen LogP contribution is -2.13. The molecule has 0 saturated heterocycles. The first-order valence-corrected chi connectivity index (χ1v) is 6.71. The van der Waals surface area contributed by atoms with Crippen molar-refractivity contribution < 1.29 is 14.6 Å². The summed E-state index contributed by atoms with van der Waals surface area (Å²) < 4.78 is 5.32. The molecule has 2 rings (SSSR count). The second-order valence-corrected chi connectivity index (χ2v) is 4.18. The Hall–Kier alpha value is -2.01. The number of benzene rings is 2. The molecule has 1 amide bonds. The Morgan fingerprint density at radius 1 is 1.16 bits per heavy atom. The van der Waals surface area contributed by atoms with Crippen molar-refractivity contribution in [1.82, 2.24) is 0 Å². The van der Waals surface area contributed by atoms with Crippen molar-refractivity contribution in [3.63, 3.8) is 0 Å². The van der Waals surface area contributed by atoms with Crippen LogP contribution in [0.1, 0.15) is 10.4 Å². The zero-order valence-electron chi connectivity index (χ0n) is 9.97. The molecule has 0 saturated carbocycles. The van der Waals surface area contributed by atoms with Gasteiger partial charge in [-0.25, -0.2) is 0 Å². The monoisotopic (exact) mass is 321 g/mol. The van der Waals surface area contributed by atoms with Crippen LogP contribution in [0.15, 0.2) is 48.5 Å². The van der Waals surface area contributed by atoms with Crippen LogP contribution in [0, 0.1) is 0 Å². The van der Waals surface area contributed by atoms with Crippen molar-refractivity contribution in [2.24, 2.45) is 0 Å². The van der Waals surface area contributed by atoms with Gasteiger partial charge in [0.25, 0.3) is 5.91 Å². The Bertz CT molecular complexity index is 586. The maximum Gasteiger partial charge on any atom is 0.259 e. The summed E-state index contributed by atoms with van der Waals surface area (Å²) in [6, 6.07) is 13.5. The van der Waals surface area contributed by atoms with Crippen molar-refractivity contribution in [1.29, 1.82) is 0 Å². The topological polar surface area (TPSA) is 58.6 Å². The van der Waals surface area contributed by atoms with Gasteiger partial charge in [-0.3, -0.25) is 4.79 Å². The molecule has 0 unspecified atom stereocenters. The summed E-state index contributed by atoms with van der Waals surface area (Å²) in [6.07, 6.45) is 0. The van der Waals surface area contributed by atoms with Gasteiger partial charge in [-0.2, -0.15) is 0 Å². The molecule has 19 heavy (non-hydrogen) atoms. The number of phenolic OH excluding ortho intramolecular Hbond substituents is 1. The third kappa shape index (κ3) is 3.26. The van der Waals surface area contributed by atoms with Gasteiger partial charge in [0, 0.05) is 0 Å². The smallest absolute Gasteiger partial charge is 0.259 e. The molecule has 0 bridgehead atoms. The van der Waals surface area contributed by atoms with Crippen LogP contribution >= 0.6 is 15.9 Å². The van der Waals surface area contributed by atoms with Gasteiger partial charge in [0.15, 0.2) is 0 Å². The number of anilines is 1. The Balaban J connectivity index is 2.23. The maximum absolute atomic E-state index is 12.1. The number of carbonyl (C=O) groups is 1. The summed E-state index contributed by atoms with van der Waals surface area (Å²) in [4.78, 5) is 12.1. The molecule has 5 heteroatoms. The molecular formula is C14H12BrNO3. The van der Waals surface area contributed by atoms with E-state index in [4.69, 9.17) is 4.74 Å². The predicted octanol–water partition coefficient (Wildman–Crippen LogP) is 3.38. The number of hydrogen-bond acceptors (Lipinski definition) is 3. The SMILES string of the molecule is O=C(Nc1ccccc1O)c1ccccc1OCBr. The summed E-state index contributed by atoms with van der Waals surface area (Å²) in [7, 11) is 0. The van der Waals surface area contributed by atoms with Gasteiger partial charge in [-0.1, -0.05) is 24.3 Å². The zero-order valence-corrected chi connectivity index (χ0v) is 11.6. The van der Waals surface area contributed by atoms with E-state index in [2.05, 4.69) is 21.2 Å². The largest absolute Gasteiger partial charge is 0.506 e. The molecular weight excluding hydrogens is 310 g/mol. The van der Waals surface area contributed by atoms with Gasteiger partial charge in [0.1, 0.15) is 17.0 Å². The minimum Gasteiger partial charge on any atom is -0.506 e. The molecule has 0 heterocycles. The first-order valence-electron chi connectivity index (χ1n) is 5.59. The summed E-state index contributed by atoms with van der Waals surface area (Å²) in [5.41, 5.74) is 1.07. The van der Waals surface area contributed by atoms with Crippen LogP contribution in [0.25, 0.3) is 0 Å². The predicted molar refractivity (Wildman–Crippen MR) is 76.9 cm³/mol. The number of alkyl halides is 1. The number of para-hydroxylation sites is 3. The maximum atomic E-state index is 12.1. The number of phenols is 1. The molecule has 0 aliphatic heterocycles. The van der Waals surface area contributed by atoms with Crippen LogP contribution in [0.5, 0.6) is 11.5 Å². The van der Waals surface area contributed by atoms with Crippen molar-refractivity contribution >= 4 is 27.5 Å². The molecule has 0 aliphatic carbocycles. The third-order valence-electron chi connectivity index (χ3n) is 2.49. The molecule has 2 N–H and O–H groups in total. The molecule has 2 aromatic carbocycles. The standard InChI is InChI=1S/C14H12BrNO3/c15-9-19-13-8-4-1-5-10(13)14(18)16-11-6-2-3-7-12(11)17/h1-8,17H,9H2,(H,16,18). The van der Waals surface area contributed by atoms with Gasteiger partial charge in [0.05, 0.1) is 11.3 Å². The Labute approximate surface area is 119 Å². The number of aromatic hydroxyl groups is 1. The van der Waals surface area contributed by atoms with Crippen LogP contribution in [-0.4, -0.2) is 16.5 Å². The van der Waals surface area contributed by atoms with Crippen LogP contribution < -0.4 is 10.1 Å². The molecule has 0 aromatic heterocycles. The first-order chi connectivity index (χ1) is 9.22. The average Bonchev–Trinajstić information content (AvgIpc) is 2.42. The van der Waals surface area contributed by atoms with E-state index in [9.17, 15) is 9.90 Å². The second kappa shape index (κ2) is 6.24. The van der Waals surface area contributed by atoms with Crippen LogP contribution in [0.2, 0.25) is 0 Å². The zero-order chi connectivity index (χ0) is 13.7. The number of hydrogen-bond donors (Lipinski definition) is 2. The summed E-state index contributed by atoms with van der Waals surface area (Å²) in [5, 5.41) is 12.3. The molecule has 2 aromatic rings. The fourth-order valence-corrected chi connectivity index (χ4v) is 1.85. The van der Waals surface area contributed by atoms with Crippen molar-refractivity contribution in [3.8, 4) is 11.5 Å². The van der Waals surface area contributed by atoms with E-state index in [-0.39, 0.29) is 11.7 Å². The Morgan fingerprint density at radius 2 is 1.84 bits per heavy atom. The highest BCUT2D eigenvalue weighted by Crippen LogP contribution is 2.24. The summed E-state index contributed by atoms with van der Waals surface area (Å²) in [5.74, 6) is 0.167. The number of amides is 1. The van der Waals surface area contributed by atoms with E-state index in [1.807, 2.05) is 0 Å². The highest BCUT2D eigenvalue weighted by molar-refractivity contribution is 9.09. The second-order valence-electron chi connectivity index (χ2n) is 3.72. The molecule has 4 nitrogen and oxygen atoms in total. The number of rotatable bonds is 4. The van der Waals surface area contributed by atoms with Crippen molar-refractivity contribution in [2.75, 3.05) is 10.8 Å². The normalized spacial score (nSPS) is 9.95. The van der Waals surface area contributed by atoms with Crippen LogP contribution in [-0.2, 0) is 0 Å². The van der Waals surface area contributed by atoms with Crippen LogP contribution in [0.3, 0.4) is 0 Å². The van der Waals surface area contributed by atoms with E-state index in [0.717, 1.165) is 0 Å². The Morgan fingerprint density at radius 3 is 2.58 bits per heavy atom. The third-order valence-corrected chi connectivity index (χ3v) is 2.72. The number of carbonyl (C=O) groups excluding carboxylic acids is 1. The lowest BCUT2D eigenvalue weighted by Gasteiger charge is -2.10. The number of halogens is 1. The lowest BCUT2D eigenvalue weighted by molar-refractivity contribution is 0.102. The highest BCUT2D eigenvalue weighted by Gasteiger charge is 2.13. The minimum absolute atomic E-state index is 0.0229. The number of nitrogens with one attached hydrogen (secondary N) is 1. The first kappa shape index (κ1) is 13.4. The van der Waals surface area contributed by atoms with Gasteiger partial charge in [0.2, 0.25) is 0 Å². The minimum atomic E-state index is -0.335. The number of ether oxygens (including phenoxy) is 1. The molecule has 0 spiro atoms. The molecule has 0 aliphatic rings. The Kier molecular flexibility index (Phi) is 4.41. The van der Waals surface area contributed by atoms with E-state index in [1.165, 1.54) is 6.07 Å². The van der Waals surface area contributed by atoms with Gasteiger partial charge < -0.3 is 15.2 Å². The average molecular weight is 322 g/mol. The van der Waals surface area contributed by atoms with E-state index >= 15 is 0 Å². The van der Waals surface area contributed by atoms with Crippen molar-refractivity contribution in [2.45, 2.75) is 0 Å².